The van der Waals surface area contributed by atoms with Crippen molar-refractivity contribution in [2.24, 2.45) is 0 Å². The van der Waals surface area contributed by atoms with E-state index in [2.05, 4.69) is 11.0 Å². The molecule has 2 rings (SSSR count). The molecule has 0 aliphatic carbocycles. The number of benzene rings is 1. The minimum absolute atomic E-state index is 0.165. The Morgan fingerprint density at radius 3 is 2.50 bits per heavy atom. The summed E-state index contributed by atoms with van der Waals surface area (Å²) in [5, 5.41) is 8.70. The zero-order valence-corrected chi connectivity index (χ0v) is 10.8. The summed E-state index contributed by atoms with van der Waals surface area (Å²) >= 11 is 0. The van der Waals surface area contributed by atoms with Gasteiger partial charge < -0.3 is 9.80 Å². The minimum atomic E-state index is 0.165. The van der Waals surface area contributed by atoms with E-state index in [9.17, 15) is 4.79 Å². The Morgan fingerprint density at radius 2 is 2.00 bits per heavy atom. The Labute approximate surface area is 107 Å². The SMILES string of the molecule is CN(C)C1CN(C(=O)Cc2ccc(C#N)cc2)C1. The average molecular weight is 243 g/mol. The van der Waals surface area contributed by atoms with Gasteiger partial charge in [0, 0.05) is 19.1 Å². The largest absolute Gasteiger partial charge is 0.339 e. The van der Waals surface area contributed by atoms with Gasteiger partial charge in [0.05, 0.1) is 18.1 Å². The Morgan fingerprint density at radius 1 is 1.39 bits per heavy atom. The van der Waals surface area contributed by atoms with Gasteiger partial charge in [-0.3, -0.25) is 4.79 Å². The molecule has 18 heavy (non-hydrogen) atoms. The van der Waals surface area contributed by atoms with Crippen molar-refractivity contribution in [2.45, 2.75) is 12.5 Å². The van der Waals surface area contributed by atoms with Gasteiger partial charge in [0.2, 0.25) is 5.91 Å². The van der Waals surface area contributed by atoms with E-state index >= 15 is 0 Å². The van der Waals surface area contributed by atoms with Crippen LogP contribution in [0, 0.1) is 11.3 Å². The van der Waals surface area contributed by atoms with E-state index < -0.39 is 0 Å². The first-order valence-corrected chi connectivity index (χ1v) is 6.03. The molecule has 1 heterocycles. The number of nitrogens with zero attached hydrogens (tertiary/aromatic N) is 3. The Kier molecular flexibility index (Phi) is 3.63. The van der Waals surface area contributed by atoms with E-state index in [1.165, 1.54) is 0 Å². The second-order valence-electron chi connectivity index (χ2n) is 4.90. The highest BCUT2D eigenvalue weighted by Crippen LogP contribution is 2.14. The highest BCUT2D eigenvalue weighted by atomic mass is 16.2. The van der Waals surface area contributed by atoms with Crippen LogP contribution in [0.5, 0.6) is 0 Å². The van der Waals surface area contributed by atoms with E-state index in [0.29, 0.717) is 18.0 Å². The summed E-state index contributed by atoms with van der Waals surface area (Å²) in [7, 11) is 4.07. The van der Waals surface area contributed by atoms with Gasteiger partial charge in [0.25, 0.3) is 0 Å². The van der Waals surface area contributed by atoms with Crippen LogP contribution in [0.15, 0.2) is 24.3 Å². The van der Waals surface area contributed by atoms with Crippen LogP contribution in [-0.2, 0) is 11.2 Å². The molecule has 1 aliphatic rings. The van der Waals surface area contributed by atoms with E-state index in [4.69, 9.17) is 5.26 Å². The van der Waals surface area contributed by atoms with Crippen molar-refractivity contribution < 1.29 is 4.79 Å². The molecule has 1 aromatic rings. The van der Waals surface area contributed by atoms with Crippen molar-refractivity contribution in [3.8, 4) is 6.07 Å². The first-order chi connectivity index (χ1) is 8.60. The lowest BCUT2D eigenvalue weighted by Gasteiger charge is -2.42. The van der Waals surface area contributed by atoms with Gasteiger partial charge >= 0.3 is 0 Å². The predicted molar refractivity (Wildman–Crippen MR) is 68.9 cm³/mol. The zero-order chi connectivity index (χ0) is 13.1. The number of rotatable bonds is 3. The fourth-order valence-corrected chi connectivity index (χ4v) is 1.97. The van der Waals surface area contributed by atoms with Crippen molar-refractivity contribution in [3.63, 3.8) is 0 Å². The smallest absolute Gasteiger partial charge is 0.227 e. The fraction of sp³-hybridized carbons (Fsp3) is 0.429. The molecule has 1 amide bonds. The summed E-state index contributed by atoms with van der Waals surface area (Å²) in [5.74, 6) is 0.165. The molecule has 4 nitrogen and oxygen atoms in total. The molecule has 0 radical (unpaired) electrons. The average Bonchev–Trinajstić information content (AvgIpc) is 2.27. The number of hydrogen-bond acceptors (Lipinski definition) is 3. The number of nitriles is 1. The van der Waals surface area contributed by atoms with Crippen molar-refractivity contribution >= 4 is 5.91 Å². The molecule has 0 saturated carbocycles. The molecule has 1 aromatic carbocycles. The number of amides is 1. The van der Waals surface area contributed by atoms with Crippen LogP contribution in [-0.4, -0.2) is 48.9 Å². The molecule has 0 spiro atoms. The molecule has 1 aliphatic heterocycles. The summed E-state index contributed by atoms with van der Waals surface area (Å²) in [4.78, 5) is 16.0. The van der Waals surface area contributed by atoms with Crippen molar-refractivity contribution in [1.82, 2.24) is 9.80 Å². The highest BCUT2D eigenvalue weighted by Gasteiger charge is 2.31. The van der Waals surface area contributed by atoms with Crippen molar-refractivity contribution in [2.75, 3.05) is 27.2 Å². The molecule has 0 aromatic heterocycles. The van der Waals surface area contributed by atoms with Gasteiger partial charge in [0.15, 0.2) is 0 Å². The molecule has 94 valence electrons. The van der Waals surface area contributed by atoms with Gasteiger partial charge in [-0.25, -0.2) is 0 Å². The van der Waals surface area contributed by atoms with Gasteiger partial charge in [-0.15, -0.1) is 0 Å². The molecule has 1 saturated heterocycles. The summed E-state index contributed by atoms with van der Waals surface area (Å²) in [5.41, 5.74) is 1.59. The molecule has 0 atom stereocenters. The normalized spacial score (nSPS) is 15.3. The first kappa shape index (κ1) is 12.6. The number of likely N-dealkylation sites (tertiary alicyclic amines) is 1. The fourth-order valence-electron chi connectivity index (χ4n) is 1.97. The van der Waals surface area contributed by atoms with Crippen LogP contribution in [0.25, 0.3) is 0 Å². The summed E-state index contributed by atoms with van der Waals surface area (Å²) in [6, 6.07) is 9.76. The lowest BCUT2D eigenvalue weighted by atomic mass is 10.0. The lowest BCUT2D eigenvalue weighted by Crippen LogP contribution is -2.59. The molecule has 0 unspecified atom stereocenters. The van der Waals surface area contributed by atoms with E-state index in [0.717, 1.165) is 18.7 Å². The maximum absolute atomic E-state index is 12.0. The zero-order valence-electron chi connectivity index (χ0n) is 10.8. The third-order valence-electron chi connectivity index (χ3n) is 3.38. The Hall–Kier alpha value is -1.86. The Balaban J connectivity index is 1.87. The summed E-state index contributed by atoms with van der Waals surface area (Å²) in [6.45, 7) is 1.64. The number of carbonyl (C=O) groups is 1. The van der Waals surface area contributed by atoms with Crippen LogP contribution in [0.1, 0.15) is 11.1 Å². The molecular weight excluding hydrogens is 226 g/mol. The third-order valence-corrected chi connectivity index (χ3v) is 3.38. The topological polar surface area (TPSA) is 47.3 Å². The van der Waals surface area contributed by atoms with Gasteiger partial charge in [-0.1, -0.05) is 12.1 Å². The first-order valence-electron chi connectivity index (χ1n) is 6.03. The monoisotopic (exact) mass is 243 g/mol. The van der Waals surface area contributed by atoms with Gasteiger partial charge in [0.1, 0.15) is 0 Å². The summed E-state index contributed by atoms with van der Waals surface area (Å²) < 4.78 is 0. The molecule has 1 fully saturated rings. The van der Waals surface area contributed by atoms with Crippen LogP contribution < -0.4 is 0 Å². The molecule has 0 N–H and O–H groups in total. The predicted octanol–water partition coefficient (Wildman–Crippen LogP) is 0.873. The molecule has 0 bridgehead atoms. The van der Waals surface area contributed by atoms with Crippen molar-refractivity contribution in [3.05, 3.63) is 35.4 Å². The quantitative estimate of drug-likeness (QED) is 0.791. The van der Waals surface area contributed by atoms with Crippen LogP contribution >= 0.6 is 0 Å². The standard InChI is InChI=1S/C14H17N3O/c1-16(2)13-9-17(10-13)14(18)7-11-3-5-12(8-15)6-4-11/h3-6,13H,7,9-10H2,1-2H3. The molecule has 4 heteroatoms. The lowest BCUT2D eigenvalue weighted by molar-refractivity contribution is -0.137. The third kappa shape index (κ3) is 2.69. The van der Waals surface area contributed by atoms with E-state index in [1.807, 2.05) is 31.1 Å². The second-order valence-corrected chi connectivity index (χ2v) is 4.90. The highest BCUT2D eigenvalue weighted by molar-refractivity contribution is 5.79. The van der Waals surface area contributed by atoms with Gasteiger partial charge in [-0.05, 0) is 31.8 Å². The Bertz CT molecular complexity index is 467. The number of hydrogen-bond donors (Lipinski definition) is 0. The maximum atomic E-state index is 12.0. The second kappa shape index (κ2) is 5.19. The van der Waals surface area contributed by atoms with E-state index in [1.54, 1.807) is 12.1 Å². The number of carbonyl (C=O) groups excluding carboxylic acids is 1. The van der Waals surface area contributed by atoms with E-state index in [-0.39, 0.29) is 5.91 Å². The summed E-state index contributed by atoms with van der Waals surface area (Å²) in [6.07, 6.45) is 0.422. The minimum Gasteiger partial charge on any atom is -0.339 e. The van der Waals surface area contributed by atoms with Crippen LogP contribution in [0.3, 0.4) is 0 Å². The molecular formula is C14H17N3O. The van der Waals surface area contributed by atoms with Gasteiger partial charge in [-0.2, -0.15) is 5.26 Å². The van der Waals surface area contributed by atoms with Crippen LogP contribution in [0.2, 0.25) is 0 Å². The van der Waals surface area contributed by atoms with Crippen LogP contribution in [0.4, 0.5) is 0 Å². The van der Waals surface area contributed by atoms with Crippen molar-refractivity contribution in [1.29, 1.82) is 5.26 Å². The number of likely N-dealkylation sites (N-methyl/N-ethyl adjacent to an activating group) is 1. The maximum Gasteiger partial charge on any atom is 0.227 e.